The van der Waals surface area contributed by atoms with Crippen molar-refractivity contribution in [2.24, 2.45) is 4.99 Å². The highest BCUT2D eigenvalue weighted by atomic mass is 16.6. The third-order valence-electron chi connectivity index (χ3n) is 6.31. The molecule has 0 aliphatic carbocycles. The summed E-state index contributed by atoms with van der Waals surface area (Å²) < 4.78 is 8.80. The minimum absolute atomic E-state index is 0.0121. The Labute approximate surface area is 217 Å². The van der Waals surface area contributed by atoms with Crippen LogP contribution >= 0.6 is 0 Å². The first-order valence-electron chi connectivity index (χ1n) is 12.0. The zero-order chi connectivity index (χ0) is 27.4. The van der Waals surface area contributed by atoms with Crippen molar-refractivity contribution in [1.29, 1.82) is 5.26 Å². The number of aryl methyl sites for hydroxylation is 1. The number of carbonyl (C=O) groups is 1. The predicted octanol–water partition coefficient (Wildman–Crippen LogP) is 3.12. The zero-order valence-corrected chi connectivity index (χ0v) is 21.1. The Hall–Kier alpha value is -4.69. The summed E-state index contributed by atoms with van der Waals surface area (Å²) in [6.07, 6.45) is 6.73. The first-order valence-corrected chi connectivity index (χ1v) is 12.0. The summed E-state index contributed by atoms with van der Waals surface area (Å²) in [5, 5.41) is 21.6. The number of nitriles is 1. The van der Waals surface area contributed by atoms with Crippen molar-refractivity contribution in [3.05, 3.63) is 97.6 Å². The molecule has 0 aromatic carbocycles. The monoisotopic (exact) mass is 514 g/mol. The lowest BCUT2D eigenvalue weighted by molar-refractivity contribution is -0.420. The van der Waals surface area contributed by atoms with E-state index in [2.05, 4.69) is 11.6 Å². The minimum Gasteiger partial charge on any atom is -0.376 e. The highest BCUT2D eigenvalue weighted by molar-refractivity contribution is 5.81. The Kier molecular flexibility index (Phi) is 7.74. The van der Waals surface area contributed by atoms with Crippen LogP contribution in [0.4, 0.5) is 0 Å². The SMILES string of the molecule is C=C/C=C/C(=C(\C)CC(=O)N=c1c(C#N)cc2c(=O)n3cccc(C)c3nc2n1CC1CCCO1)[N+](=O)[O-]. The third-order valence-corrected chi connectivity index (χ3v) is 6.31. The number of nitrogens with zero attached hydrogens (tertiary/aromatic N) is 6. The lowest BCUT2D eigenvalue weighted by Gasteiger charge is -2.17. The second-order valence-corrected chi connectivity index (χ2v) is 8.98. The Bertz CT molecular complexity index is 1700. The standard InChI is InChI=1S/C27H26N6O5/c1-4-5-10-22(33(36)37)18(3)13-23(34)29-25-19(15-28)14-21-26(32(25)16-20-9-7-12-38-20)30-24-17(2)8-6-11-31(24)27(21)35/h4-6,8,10-11,14,20H,1,7,9,12-13,16H2,2-3H3/b10-5+,22-18-,29-25?. The molecule has 1 aliphatic rings. The molecule has 0 radical (unpaired) electrons. The number of pyridine rings is 2. The average Bonchev–Trinajstić information content (AvgIpc) is 3.39. The van der Waals surface area contributed by atoms with Crippen LogP contribution in [0, 0.1) is 28.4 Å². The smallest absolute Gasteiger partial charge is 0.268 e. The molecule has 1 aliphatic heterocycles. The number of allylic oxidation sites excluding steroid dienone is 3. The van der Waals surface area contributed by atoms with Gasteiger partial charge in [0.05, 0.1) is 34.9 Å². The van der Waals surface area contributed by atoms with E-state index in [0.717, 1.165) is 18.4 Å². The molecule has 0 bridgehead atoms. The first-order chi connectivity index (χ1) is 18.2. The molecule has 0 N–H and O–H groups in total. The molecule has 4 heterocycles. The maximum Gasteiger partial charge on any atom is 0.268 e. The van der Waals surface area contributed by atoms with Crippen LogP contribution in [0.15, 0.2) is 70.3 Å². The first kappa shape index (κ1) is 26.4. The second kappa shape index (κ2) is 11.1. The molecule has 38 heavy (non-hydrogen) atoms. The molecule has 0 saturated carbocycles. The highest BCUT2D eigenvalue weighted by Gasteiger charge is 2.22. The van der Waals surface area contributed by atoms with Crippen molar-refractivity contribution in [2.75, 3.05) is 6.61 Å². The third kappa shape index (κ3) is 5.21. The summed E-state index contributed by atoms with van der Waals surface area (Å²) in [5.41, 5.74) is 1.14. The zero-order valence-electron chi connectivity index (χ0n) is 21.1. The van der Waals surface area contributed by atoms with Crippen LogP contribution in [-0.2, 0) is 16.1 Å². The van der Waals surface area contributed by atoms with E-state index in [9.17, 15) is 25.0 Å². The number of rotatable bonds is 7. The molecule has 11 heteroatoms. The van der Waals surface area contributed by atoms with E-state index in [0.29, 0.717) is 12.3 Å². The van der Waals surface area contributed by atoms with Gasteiger partial charge in [-0.25, -0.2) is 4.98 Å². The van der Waals surface area contributed by atoms with E-state index in [1.807, 2.05) is 19.1 Å². The largest absolute Gasteiger partial charge is 0.376 e. The second-order valence-electron chi connectivity index (χ2n) is 8.98. The Balaban J connectivity index is 1.97. The van der Waals surface area contributed by atoms with E-state index < -0.39 is 10.8 Å². The number of aromatic nitrogens is 3. The van der Waals surface area contributed by atoms with Crippen LogP contribution in [0.5, 0.6) is 0 Å². The van der Waals surface area contributed by atoms with Crippen LogP contribution in [0.1, 0.15) is 37.3 Å². The van der Waals surface area contributed by atoms with Crippen molar-refractivity contribution in [3.8, 4) is 6.07 Å². The van der Waals surface area contributed by atoms with Crippen molar-refractivity contribution in [2.45, 2.75) is 45.8 Å². The summed E-state index contributed by atoms with van der Waals surface area (Å²) in [7, 11) is 0. The number of ether oxygens (including phenoxy) is 1. The molecular formula is C27H26N6O5. The molecule has 4 rings (SSSR count). The number of hydrogen-bond donors (Lipinski definition) is 0. The van der Waals surface area contributed by atoms with Gasteiger partial charge in [0, 0.05) is 24.5 Å². The minimum atomic E-state index is -0.681. The van der Waals surface area contributed by atoms with E-state index in [4.69, 9.17) is 9.72 Å². The average molecular weight is 515 g/mol. The maximum absolute atomic E-state index is 13.4. The van der Waals surface area contributed by atoms with Crippen molar-refractivity contribution in [3.63, 3.8) is 0 Å². The molecule has 1 amide bonds. The molecule has 3 aromatic rings. The summed E-state index contributed by atoms with van der Waals surface area (Å²) in [6.45, 7) is 7.62. The van der Waals surface area contributed by atoms with Gasteiger partial charge >= 0.3 is 0 Å². The number of carbonyl (C=O) groups excluding carboxylic acids is 1. The molecule has 1 atom stereocenters. The van der Waals surface area contributed by atoms with E-state index >= 15 is 0 Å². The topological polar surface area (TPSA) is 145 Å². The van der Waals surface area contributed by atoms with Crippen LogP contribution in [0.3, 0.4) is 0 Å². The van der Waals surface area contributed by atoms with Crippen LogP contribution in [-0.4, -0.2) is 37.5 Å². The lowest BCUT2D eigenvalue weighted by Crippen LogP contribution is -2.33. The predicted molar refractivity (Wildman–Crippen MR) is 140 cm³/mol. The van der Waals surface area contributed by atoms with E-state index in [-0.39, 0.29) is 58.0 Å². The molecule has 194 valence electrons. The van der Waals surface area contributed by atoms with E-state index in [1.165, 1.54) is 35.6 Å². The molecule has 11 nitrogen and oxygen atoms in total. The molecular weight excluding hydrogens is 488 g/mol. The molecule has 1 fully saturated rings. The van der Waals surface area contributed by atoms with Gasteiger partial charge in [-0.2, -0.15) is 10.3 Å². The van der Waals surface area contributed by atoms with Gasteiger partial charge in [-0.1, -0.05) is 24.8 Å². The normalized spacial score (nSPS) is 16.7. The Morgan fingerprint density at radius 1 is 1.45 bits per heavy atom. The van der Waals surface area contributed by atoms with Gasteiger partial charge < -0.3 is 9.30 Å². The fraction of sp³-hybridized carbons (Fsp3) is 0.296. The summed E-state index contributed by atoms with van der Waals surface area (Å²) in [5.74, 6) is -0.681. The number of amides is 1. The molecule has 3 aromatic heterocycles. The van der Waals surface area contributed by atoms with Crippen LogP contribution < -0.4 is 11.0 Å². The molecule has 1 unspecified atom stereocenters. The van der Waals surface area contributed by atoms with Crippen molar-refractivity contribution >= 4 is 22.6 Å². The van der Waals surface area contributed by atoms with Crippen LogP contribution in [0.25, 0.3) is 16.7 Å². The van der Waals surface area contributed by atoms with Gasteiger partial charge in [-0.3, -0.25) is 24.1 Å². The van der Waals surface area contributed by atoms with Crippen LogP contribution in [0.2, 0.25) is 0 Å². The van der Waals surface area contributed by atoms with Gasteiger partial charge in [0.2, 0.25) is 0 Å². The highest BCUT2D eigenvalue weighted by Crippen LogP contribution is 2.18. The van der Waals surface area contributed by atoms with Crippen molar-refractivity contribution < 1.29 is 14.5 Å². The van der Waals surface area contributed by atoms with Gasteiger partial charge in [0.25, 0.3) is 17.2 Å². The lowest BCUT2D eigenvalue weighted by atomic mass is 10.1. The van der Waals surface area contributed by atoms with Gasteiger partial charge in [-0.15, -0.1) is 0 Å². The van der Waals surface area contributed by atoms with E-state index in [1.54, 1.807) is 16.8 Å². The van der Waals surface area contributed by atoms with Crippen molar-refractivity contribution in [1.82, 2.24) is 14.0 Å². The summed E-state index contributed by atoms with van der Waals surface area (Å²) in [6, 6.07) is 7.00. The summed E-state index contributed by atoms with van der Waals surface area (Å²) in [4.78, 5) is 46.3. The molecule has 1 saturated heterocycles. The molecule has 0 spiro atoms. The Morgan fingerprint density at radius 2 is 2.24 bits per heavy atom. The Morgan fingerprint density at radius 3 is 2.89 bits per heavy atom. The number of nitro groups is 1. The fourth-order valence-corrected chi connectivity index (χ4v) is 4.45. The fourth-order valence-electron chi connectivity index (χ4n) is 4.45. The number of fused-ring (bicyclic) bond motifs is 2. The quantitative estimate of drug-likeness (QED) is 0.204. The number of hydrogen-bond acceptors (Lipinski definition) is 7. The van der Waals surface area contributed by atoms with Gasteiger partial charge in [0.1, 0.15) is 17.4 Å². The van der Waals surface area contributed by atoms with Gasteiger partial charge in [-0.05, 0) is 44.4 Å². The summed E-state index contributed by atoms with van der Waals surface area (Å²) >= 11 is 0. The maximum atomic E-state index is 13.4. The van der Waals surface area contributed by atoms with Gasteiger partial charge in [0.15, 0.2) is 5.49 Å².